The second-order valence-electron chi connectivity index (χ2n) is 5.89. The van der Waals surface area contributed by atoms with E-state index >= 15 is 0 Å². The quantitative estimate of drug-likeness (QED) is 0.314. The van der Waals surface area contributed by atoms with Gasteiger partial charge in [0, 0.05) is 12.0 Å². The van der Waals surface area contributed by atoms with Crippen molar-refractivity contribution in [2.45, 2.75) is 19.4 Å². The third-order valence-electron chi connectivity index (χ3n) is 3.62. The number of hydrogen-bond acceptors (Lipinski definition) is 9. The van der Waals surface area contributed by atoms with Crippen LogP contribution in [0.1, 0.15) is 23.7 Å². The molecule has 0 fully saturated rings. The highest BCUT2D eigenvalue weighted by Gasteiger charge is 2.41. The number of aliphatic hydroxyl groups is 1. The standard InChI is InChI=1S/C13H18FO13P3/c1-7-3-11(23-2)8(4-9(7)14)12-5-10(15)13(25-12)6-24-29(19,20)27-30(21,22)26-28(16,17)18/h3-4,12,15H,5-6H2,1-2H3,(H,19,20)(H,21,22)(H2,16,17,18). The molecule has 3 atom stereocenters. The Labute approximate surface area is 169 Å². The normalized spacial score (nSPS) is 21.1. The van der Waals surface area contributed by atoms with Gasteiger partial charge >= 0.3 is 23.5 Å². The first-order valence-corrected chi connectivity index (χ1v) is 12.3. The average Bonchev–Trinajstić information content (AvgIpc) is 2.92. The maximum Gasteiger partial charge on any atom is 0.490 e. The first kappa shape index (κ1) is 25.0. The molecule has 0 bridgehead atoms. The third kappa shape index (κ3) is 6.86. The van der Waals surface area contributed by atoms with Crippen LogP contribution in [0.4, 0.5) is 4.39 Å². The first-order chi connectivity index (χ1) is 13.6. The maximum absolute atomic E-state index is 13.9. The molecule has 30 heavy (non-hydrogen) atoms. The summed E-state index contributed by atoms with van der Waals surface area (Å²) < 4.78 is 69.6. The van der Waals surface area contributed by atoms with Gasteiger partial charge in [-0.15, -0.1) is 0 Å². The number of phosphoric ester groups is 1. The van der Waals surface area contributed by atoms with Crippen LogP contribution in [0.2, 0.25) is 0 Å². The summed E-state index contributed by atoms with van der Waals surface area (Å²) in [7, 11) is -15.2. The van der Waals surface area contributed by atoms with Gasteiger partial charge in [0.1, 0.15) is 30.0 Å². The van der Waals surface area contributed by atoms with Crippen LogP contribution in [0.3, 0.4) is 0 Å². The lowest BCUT2D eigenvalue weighted by molar-refractivity contribution is 0.104. The molecule has 1 aliphatic heterocycles. The topological polar surface area (TPSA) is 199 Å². The second-order valence-corrected chi connectivity index (χ2v) is 10.3. The molecular weight excluding hydrogens is 476 g/mol. The van der Waals surface area contributed by atoms with Gasteiger partial charge in [0.15, 0.2) is 5.76 Å². The molecule has 1 aromatic carbocycles. The molecule has 1 heterocycles. The number of ether oxygens (including phenoxy) is 2. The average molecular weight is 494 g/mol. The molecule has 0 aliphatic carbocycles. The molecule has 5 N–H and O–H groups in total. The summed E-state index contributed by atoms with van der Waals surface area (Å²) in [5.41, 5.74) is 0.541. The molecule has 13 nitrogen and oxygen atoms in total. The summed E-state index contributed by atoms with van der Waals surface area (Å²) >= 11 is 0. The highest BCUT2D eigenvalue weighted by molar-refractivity contribution is 7.66. The van der Waals surface area contributed by atoms with Crippen molar-refractivity contribution in [3.63, 3.8) is 0 Å². The van der Waals surface area contributed by atoms with Crippen molar-refractivity contribution in [3.8, 4) is 5.75 Å². The zero-order chi connectivity index (χ0) is 22.9. The lowest BCUT2D eigenvalue weighted by Crippen LogP contribution is -2.05. The molecule has 3 unspecified atom stereocenters. The van der Waals surface area contributed by atoms with Crippen LogP contribution < -0.4 is 4.74 Å². The van der Waals surface area contributed by atoms with Gasteiger partial charge in [-0.3, -0.25) is 4.52 Å². The lowest BCUT2D eigenvalue weighted by Gasteiger charge is -2.18. The minimum atomic E-state index is -5.67. The van der Waals surface area contributed by atoms with Crippen LogP contribution in [-0.4, -0.2) is 38.4 Å². The first-order valence-electron chi connectivity index (χ1n) is 7.82. The van der Waals surface area contributed by atoms with E-state index in [1.54, 1.807) is 0 Å². The molecular formula is C13H18FO13P3. The number of hydrogen-bond donors (Lipinski definition) is 5. The summed E-state index contributed by atoms with van der Waals surface area (Å²) in [5, 5.41) is 9.99. The molecule has 0 spiro atoms. The van der Waals surface area contributed by atoms with Crippen molar-refractivity contribution < 1.29 is 65.4 Å². The zero-order valence-electron chi connectivity index (χ0n) is 15.4. The molecule has 0 aromatic heterocycles. The summed E-state index contributed by atoms with van der Waals surface area (Å²) in [6.45, 7) is 0.573. The van der Waals surface area contributed by atoms with Crippen LogP contribution in [0.25, 0.3) is 0 Å². The monoisotopic (exact) mass is 494 g/mol. The van der Waals surface area contributed by atoms with E-state index in [1.807, 2.05) is 0 Å². The minimum absolute atomic E-state index is 0.173. The summed E-state index contributed by atoms with van der Waals surface area (Å²) in [5.74, 6) is -1.09. The number of phosphoric acid groups is 3. The smallest absolute Gasteiger partial charge is 0.490 e. The van der Waals surface area contributed by atoms with E-state index in [2.05, 4.69) is 13.1 Å². The van der Waals surface area contributed by atoms with Gasteiger partial charge in [-0.25, -0.2) is 18.1 Å². The number of aryl methyl sites for hydroxylation is 1. The molecule has 17 heteroatoms. The summed E-state index contributed by atoms with van der Waals surface area (Å²) in [6.07, 6.45) is -1.11. The predicted octanol–water partition coefficient (Wildman–Crippen LogP) is 2.72. The van der Waals surface area contributed by atoms with E-state index in [0.29, 0.717) is 5.56 Å². The van der Waals surface area contributed by atoms with Gasteiger partial charge in [0.05, 0.1) is 7.11 Å². The Morgan fingerprint density at radius 3 is 2.33 bits per heavy atom. The van der Waals surface area contributed by atoms with E-state index in [9.17, 15) is 28.1 Å². The lowest BCUT2D eigenvalue weighted by atomic mass is 10.0. The van der Waals surface area contributed by atoms with Crippen molar-refractivity contribution in [2.24, 2.45) is 0 Å². The SMILES string of the molecule is COc1cc(C)c(F)cc1C1CC(O)=C(COP(=O)(O)OP(=O)(O)OP(=O)(O)O)O1. The van der Waals surface area contributed by atoms with Gasteiger partial charge in [-0.2, -0.15) is 8.62 Å². The van der Waals surface area contributed by atoms with Crippen LogP contribution in [0.15, 0.2) is 23.7 Å². The van der Waals surface area contributed by atoms with Crippen molar-refractivity contribution in [2.75, 3.05) is 13.7 Å². The molecule has 1 aliphatic rings. The minimum Gasteiger partial charge on any atom is -0.509 e. The largest absolute Gasteiger partial charge is 0.509 e. The zero-order valence-corrected chi connectivity index (χ0v) is 18.1. The third-order valence-corrected chi connectivity index (χ3v) is 7.40. The predicted molar refractivity (Wildman–Crippen MR) is 95.6 cm³/mol. The van der Waals surface area contributed by atoms with Crippen molar-refractivity contribution in [1.82, 2.24) is 0 Å². The van der Waals surface area contributed by atoms with Crippen LogP contribution in [0, 0.1) is 12.7 Å². The highest BCUT2D eigenvalue weighted by Crippen LogP contribution is 2.66. The van der Waals surface area contributed by atoms with Gasteiger partial charge in [0.25, 0.3) is 0 Å². The Bertz CT molecular complexity index is 987. The van der Waals surface area contributed by atoms with E-state index in [1.165, 1.54) is 20.1 Å². The van der Waals surface area contributed by atoms with Gasteiger partial charge in [-0.05, 0) is 24.6 Å². The summed E-state index contributed by atoms with van der Waals surface area (Å²) in [4.78, 5) is 35.5. The fourth-order valence-corrected chi connectivity index (χ4v) is 5.38. The Kier molecular flexibility index (Phi) is 7.53. The number of halogens is 1. The Hall–Kier alpha value is -1.30. The fourth-order valence-electron chi connectivity index (χ4n) is 2.40. The molecule has 0 amide bonds. The number of benzene rings is 1. The molecule has 1 aromatic rings. The maximum atomic E-state index is 13.9. The molecule has 0 saturated carbocycles. The van der Waals surface area contributed by atoms with Crippen LogP contribution >= 0.6 is 23.5 Å². The van der Waals surface area contributed by atoms with Gasteiger partial charge < -0.3 is 34.2 Å². The van der Waals surface area contributed by atoms with Gasteiger partial charge in [0.2, 0.25) is 0 Å². The van der Waals surface area contributed by atoms with Gasteiger partial charge in [-0.1, -0.05) is 0 Å². The van der Waals surface area contributed by atoms with Crippen molar-refractivity contribution in [3.05, 3.63) is 40.6 Å². The molecule has 170 valence electrons. The fraction of sp³-hybridized carbons (Fsp3) is 0.385. The Balaban J connectivity index is 2.06. The number of methoxy groups -OCH3 is 1. The van der Waals surface area contributed by atoms with E-state index in [0.717, 1.165) is 6.07 Å². The van der Waals surface area contributed by atoms with E-state index in [4.69, 9.17) is 24.2 Å². The van der Waals surface area contributed by atoms with Crippen molar-refractivity contribution >= 4 is 23.5 Å². The van der Waals surface area contributed by atoms with E-state index < -0.39 is 47.8 Å². The van der Waals surface area contributed by atoms with E-state index in [-0.39, 0.29) is 23.5 Å². The molecule has 2 rings (SSSR count). The second kappa shape index (κ2) is 9.05. The van der Waals surface area contributed by atoms with Crippen LogP contribution in [0.5, 0.6) is 5.75 Å². The number of aliphatic hydroxyl groups excluding tert-OH is 1. The summed E-state index contributed by atoms with van der Waals surface area (Å²) in [6, 6.07) is 2.55. The molecule has 0 saturated heterocycles. The number of rotatable bonds is 9. The molecule has 0 radical (unpaired) electrons. The Morgan fingerprint density at radius 1 is 1.13 bits per heavy atom. The van der Waals surface area contributed by atoms with Crippen LogP contribution in [-0.2, 0) is 31.6 Å². The highest BCUT2D eigenvalue weighted by atomic mass is 31.3. The van der Waals surface area contributed by atoms with Crippen molar-refractivity contribution in [1.29, 1.82) is 0 Å². The Morgan fingerprint density at radius 2 is 1.77 bits per heavy atom.